The maximum atomic E-state index is 12.9. The molecule has 1 N–H and O–H groups in total. The zero-order chi connectivity index (χ0) is 22.4. The van der Waals surface area contributed by atoms with E-state index in [4.69, 9.17) is 10.00 Å². The van der Waals surface area contributed by atoms with Gasteiger partial charge in [-0.1, -0.05) is 12.1 Å². The number of nitrogens with one attached hydrogen (secondary N) is 1. The molecule has 31 heavy (non-hydrogen) atoms. The number of benzene rings is 1. The Bertz CT molecular complexity index is 810. The molecule has 2 fully saturated rings. The van der Waals surface area contributed by atoms with Gasteiger partial charge in [-0.25, -0.2) is 4.79 Å². The summed E-state index contributed by atoms with van der Waals surface area (Å²) < 4.78 is 5.47. The van der Waals surface area contributed by atoms with Crippen molar-refractivity contribution in [3.63, 3.8) is 0 Å². The van der Waals surface area contributed by atoms with E-state index in [9.17, 15) is 9.59 Å². The molecule has 0 saturated carbocycles. The fraction of sp³-hybridized carbons (Fsp3) is 0.625. The van der Waals surface area contributed by atoms with Crippen LogP contribution in [-0.4, -0.2) is 59.6 Å². The topological polar surface area (TPSA) is 85.7 Å². The highest BCUT2D eigenvalue weighted by atomic mass is 16.6. The molecule has 0 aromatic heterocycles. The van der Waals surface area contributed by atoms with Crippen molar-refractivity contribution in [2.24, 2.45) is 5.92 Å². The smallest absolute Gasteiger partial charge is 0.410 e. The van der Waals surface area contributed by atoms with Crippen molar-refractivity contribution in [3.05, 3.63) is 35.4 Å². The van der Waals surface area contributed by atoms with Gasteiger partial charge in [0.05, 0.1) is 17.6 Å². The van der Waals surface area contributed by atoms with Crippen LogP contribution < -0.4 is 5.32 Å². The molecule has 0 bridgehead atoms. The van der Waals surface area contributed by atoms with Gasteiger partial charge in [0, 0.05) is 32.2 Å². The van der Waals surface area contributed by atoms with E-state index in [0.717, 1.165) is 45.3 Å². The molecule has 2 amide bonds. The summed E-state index contributed by atoms with van der Waals surface area (Å²) in [6.07, 6.45) is 3.28. The zero-order valence-electron chi connectivity index (χ0n) is 18.9. The molecule has 168 valence electrons. The van der Waals surface area contributed by atoms with Crippen LogP contribution in [0.15, 0.2) is 24.3 Å². The van der Waals surface area contributed by atoms with Gasteiger partial charge < -0.3 is 15.0 Å². The summed E-state index contributed by atoms with van der Waals surface area (Å²) >= 11 is 0. The van der Waals surface area contributed by atoms with Crippen LogP contribution in [0.5, 0.6) is 0 Å². The minimum atomic E-state index is -0.535. The number of rotatable bonds is 4. The first-order valence-electron chi connectivity index (χ1n) is 11.2. The van der Waals surface area contributed by atoms with Crippen LogP contribution in [0.1, 0.15) is 57.6 Å². The average Bonchev–Trinajstić information content (AvgIpc) is 2.73. The molecular formula is C24H34N4O3. The van der Waals surface area contributed by atoms with Gasteiger partial charge in [-0.3, -0.25) is 9.69 Å². The molecule has 7 nitrogen and oxygen atoms in total. The van der Waals surface area contributed by atoms with Gasteiger partial charge in [-0.05, 0) is 70.7 Å². The van der Waals surface area contributed by atoms with Gasteiger partial charge in [0.25, 0.3) is 0 Å². The number of nitriles is 1. The van der Waals surface area contributed by atoms with Gasteiger partial charge in [0.15, 0.2) is 0 Å². The molecule has 2 aliphatic rings. The van der Waals surface area contributed by atoms with E-state index in [1.165, 1.54) is 5.56 Å². The van der Waals surface area contributed by atoms with Gasteiger partial charge in [0.1, 0.15) is 5.60 Å². The predicted molar refractivity (Wildman–Crippen MR) is 118 cm³/mol. The Kier molecular flexibility index (Phi) is 7.55. The summed E-state index contributed by atoms with van der Waals surface area (Å²) in [5.41, 5.74) is 1.30. The van der Waals surface area contributed by atoms with E-state index >= 15 is 0 Å². The number of hydrogen-bond acceptors (Lipinski definition) is 5. The Morgan fingerprint density at radius 2 is 1.84 bits per heavy atom. The second-order valence-electron chi connectivity index (χ2n) is 9.66. The maximum absolute atomic E-state index is 12.9. The van der Waals surface area contributed by atoms with Crippen molar-refractivity contribution in [1.29, 1.82) is 5.26 Å². The van der Waals surface area contributed by atoms with Crippen LogP contribution >= 0.6 is 0 Å². The molecule has 2 heterocycles. The van der Waals surface area contributed by atoms with Crippen LogP contribution in [-0.2, 0) is 16.1 Å². The quantitative estimate of drug-likeness (QED) is 0.799. The van der Waals surface area contributed by atoms with E-state index in [1.807, 2.05) is 45.0 Å². The van der Waals surface area contributed by atoms with Gasteiger partial charge >= 0.3 is 6.09 Å². The molecule has 0 aliphatic carbocycles. The normalized spacial score (nSPS) is 22.5. The lowest BCUT2D eigenvalue weighted by Crippen LogP contribution is -2.52. The van der Waals surface area contributed by atoms with E-state index in [2.05, 4.69) is 16.3 Å². The number of amides is 2. The summed E-state index contributed by atoms with van der Waals surface area (Å²) in [4.78, 5) is 29.3. The molecule has 0 spiro atoms. The first-order chi connectivity index (χ1) is 14.7. The van der Waals surface area contributed by atoms with Crippen molar-refractivity contribution in [1.82, 2.24) is 15.1 Å². The lowest BCUT2D eigenvalue weighted by atomic mass is 9.96. The van der Waals surface area contributed by atoms with Crippen LogP contribution in [0.25, 0.3) is 0 Å². The SMILES string of the molecule is CC(C)(C)OC(=O)N1CCC[C@H](C(=O)N[C@@H]2CCCN(Cc3ccc(C#N)cc3)C2)C1. The first kappa shape index (κ1) is 23.1. The monoisotopic (exact) mass is 426 g/mol. The highest BCUT2D eigenvalue weighted by molar-refractivity contribution is 5.80. The molecule has 0 radical (unpaired) electrons. The second kappa shape index (κ2) is 10.1. The van der Waals surface area contributed by atoms with Crippen LogP contribution in [0.2, 0.25) is 0 Å². The van der Waals surface area contributed by atoms with E-state index < -0.39 is 5.60 Å². The fourth-order valence-electron chi connectivity index (χ4n) is 4.26. The Hall–Kier alpha value is -2.59. The van der Waals surface area contributed by atoms with E-state index in [1.54, 1.807) is 4.90 Å². The highest BCUT2D eigenvalue weighted by Gasteiger charge is 2.32. The second-order valence-corrected chi connectivity index (χ2v) is 9.66. The third kappa shape index (κ3) is 6.96. The Labute approximate surface area is 185 Å². The number of carbonyl (C=O) groups excluding carboxylic acids is 2. The Morgan fingerprint density at radius 3 is 2.52 bits per heavy atom. The molecule has 0 unspecified atom stereocenters. The molecule has 1 aromatic carbocycles. The Balaban J connectivity index is 1.50. The summed E-state index contributed by atoms with van der Waals surface area (Å²) in [5, 5.41) is 12.2. The van der Waals surface area contributed by atoms with Gasteiger partial charge in [-0.15, -0.1) is 0 Å². The van der Waals surface area contributed by atoms with Crippen molar-refractivity contribution >= 4 is 12.0 Å². The van der Waals surface area contributed by atoms with Crippen LogP contribution in [0.3, 0.4) is 0 Å². The van der Waals surface area contributed by atoms with Crippen molar-refractivity contribution < 1.29 is 14.3 Å². The van der Waals surface area contributed by atoms with Crippen molar-refractivity contribution in [2.75, 3.05) is 26.2 Å². The molecule has 2 atom stereocenters. The number of nitrogens with zero attached hydrogens (tertiary/aromatic N) is 3. The lowest BCUT2D eigenvalue weighted by molar-refractivity contribution is -0.127. The van der Waals surface area contributed by atoms with Gasteiger partial charge in [0.2, 0.25) is 5.91 Å². The molecule has 2 saturated heterocycles. The zero-order valence-corrected chi connectivity index (χ0v) is 18.9. The molecule has 3 rings (SSSR count). The number of carbonyl (C=O) groups is 2. The minimum absolute atomic E-state index is 0.0403. The fourth-order valence-corrected chi connectivity index (χ4v) is 4.26. The molecular weight excluding hydrogens is 392 g/mol. The maximum Gasteiger partial charge on any atom is 0.410 e. The highest BCUT2D eigenvalue weighted by Crippen LogP contribution is 2.21. The largest absolute Gasteiger partial charge is 0.444 e. The first-order valence-corrected chi connectivity index (χ1v) is 11.2. The summed E-state index contributed by atoms with van der Waals surface area (Å²) in [6, 6.07) is 9.95. The van der Waals surface area contributed by atoms with Gasteiger partial charge in [-0.2, -0.15) is 5.26 Å². The number of ether oxygens (including phenoxy) is 1. The number of likely N-dealkylation sites (tertiary alicyclic amines) is 2. The van der Waals surface area contributed by atoms with E-state index in [0.29, 0.717) is 18.7 Å². The molecule has 7 heteroatoms. The van der Waals surface area contributed by atoms with Crippen LogP contribution in [0.4, 0.5) is 4.79 Å². The summed E-state index contributed by atoms with van der Waals surface area (Å²) in [6.45, 7) is 9.25. The number of piperidine rings is 2. The third-order valence-corrected chi connectivity index (χ3v) is 5.78. The van der Waals surface area contributed by atoms with Crippen LogP contribution in [0, 0.1) is 17.2 Å². The van der Waals surface area contributed by atoms with Crippen molar-refractivity contribution in [3.8, 4) is 6.07 Å². The predicted octanol–water partition coefficient (Wildman–Crippen LogP) is 3.29. The minimum Gasteiger partial charge on any atom is -0.444 e. The molecule has 2 aliphatic heterocycles. The third-order valence-electron chi connectivity index (χ3n) is 5.78. The molecule has 1 aromatic rings. The van der Waals surface area contributed by atoms with E-state index in [-0.39, 0.29) is 24.0 Å². The standard InChI is InChI=1S/C24H34N4O3/c1-24(2,3)31-23(30)28-13-4-6-20(16-28)22(29)26-21-7-5-12-27(17-21)15-19-10-8-18(14-25)9-11-19/h8-11,20-21H,4-7,12-13,15-17H2,1-3H3,(H,26,29)/t20-,21+/m0/s1. The Morgan fingerprint density at radius 1 is 1.13 bits per heavy atom. The lowest BCUT2D eigenvalue weighted by Gasteiger charge is -2.36. The average molecular weight is 427 g/mol. The van der Waals surface area contributed by atoms with Crippen molar-refractivity contribution in [2.45, 2.75) is 64.6 Å². The summed E-state index contributed by atoms with van der Waals surface area (Å²) in [7, 11) is 0. The number of hydrogen-bond donors (Lipinski definition) is 1. The summed E-state index contributed by atoms with van der Waals surface area (Å²) in [5.74, 6) is -0.145.